The molecule has 0 heterocycles. The van der Waals surface area contributed by atoms with Crippen LogP contribution in [0.15, 0.2) is 35.4 Å². The van der Waals surface area contributed by atoms with Gasteiger partial charge in [-0.3, -0.25) is 4.79 Å². The fourth-order valence-electron chi connectivity index (χ4n) is 1.98. The number of aryl methyl sites for hydroxylation is 2. The van der Waals surface area contributed by atoms with E-state index in [1.807, 2.05) is 0 Å². The number of carbonyl (C=O) groups is 1. The number of hydrogen-bond acceptors (Lipinski definition) is 4. The van der Waals surface area contributed by atoms with Crippen molar-refractivity contribution in [1.29, 1.82) is 0 Å². The number of phenolic OH excluding ortho intramolecular Hbond substituents is 2. The Kier molecular flexibility index (Phi) is 4.68. The Bertz CT molecular complexity index is 734. The Hall–Kier alpha value is -2.53. The number of nitrogens with zero attached hydrogens (tertiary/aromatic N) is 1. The van der Waals surface area contributed by atoms with Gasteiger partial charge < -0.3 is 10.2 Å². The van der Waals surface area contributed by atoms with E-state index in [4.69, 9.17) is 11.6 Å². The topological polar surface area (TPSA) is 81.9 Å². The van der Waals surface area contributed by atoms with Gasteiger partial charge in [0.05, 0.1) is 11.8 Å². The highest BCUT2D eigenvalue weighted by Crippen LogP contribution is 2.22. The van der Waals surface area contributed by atoms with Crippen LogP contribution >= 0.6 is 11.6 Å². The van der Waals surface area contributed by atoms with Crippen LogP contribution in [0.25, 0.3) is 0 Å². The highest BCUT2D eigenvalue weighted by atomic mass is 35.5. The van der Waals surface area contributed by atoms with Crippen LogP contribution in [0.4, 0.5) is 0 Å². The number of aromatic hydroxyl groups is 2. The summed E-state index contributed by atoms with van der Waals surface area (Å²) in [4.78, 5) is 11.9. The molecular formula is C16H15ClN2O3. The Labute approximate surface area is 132 Å². The van der Waals surface area contributed by atoms with E-state index in [1.165, 1.54) is 24.4 Å². The van der Waals surface area contributed by atoms with E-state index >= 15 is 0 Å². The predicted octanol–water partition coefficient (Wildman–Crippen LogP) is 3.13. The van der Waals surface area contributed by atoms with Crippen LogP contribution in [0.2, 0.25) is 5.02 Å². The van der Waals surface area contributed by atoms with Crippen molar-refractivity contribution in [1.82, 2.24) is 5.43 Å². The van der Waals surface area contributed by atoms with Gasteiger partial charge >= 0.3 is 0 Å². The zero-order valence-corrected chi connectivity index (χ0v) is 12.8. The van der Waals surface area contributed by atoms with Crippen LogP contribution in [0, 0.1) is 13.8 Å². The molecule has 0 bridgehead atoms. The smallest absolute Gasteiger partial charge is 0.275 e. The van der Waals surface area contributed by atoms with Gasteiger partial charge in [0.2, 0.25) is 0 Å². The fourth-order valence-corrected chi connectivity index (χ4v) is 2.15. The number of benzene rings is 2. The average molecular weight is 319 g/mol. The van der Waals surface area contributed by atoms with Gasteiger partial charge in [-0.05, 0) is 60.9 Å². The van der Waals surface area contributed by atoms with Crippen molar-refractivity contribution in [2.75, 3.05) is 0 Å². The molecule has 0 unspecified atom stereocenters. The number of phenols is 2. The summed E-state index contributed by atoms with van der Waals surface area (Å²) in [7, 11) is 0. The molecule has 0 radical (unpaired) electrons. The molecule has 0 aliphatic carbocycles. The molecule has 0 saturated carbocycles. The van der Waals surface area contributed by atoms with Gasteiger partial charge in [-0.25, -0.2) is 5.43 Å². The Morgan fingerprint density at radius 1 is 1.18 bits per heavy atom. The molecule has 0 spiro atoms. The quantitative estimate of drug-likeness (QED) is 0.600. The highest BCUT2D eigenvalue weighted by molar-refractivity contribution is 6.31. The molecule has 6 heteroatoms. The number of halogens is 1. The first kappa shape index (κ1) is 15.9. The van der Waals surface area contributed by atoms with E-state index in [1.54, 1.807) is 26.0 Å². The minimum Gasteiger partial charge on any atom is -0.507 e. The first-order valence-corrected chi connectivity index (χ1v) is 6.88. The maximum absolute atomic E-state index is 11.9. The maximum Gasteiger partial charge on any atom is 0.275 e. The molecule has 1 amide bonds. The minimum absolute atomic E-state index is 0.0442. The molecule has 22 heavy (non-hydrogen) atoms. The average Bonchev–Trinajstić information content (AvgIpc) is 2.47. The third kappa shape index (κ3) is 3.56. The zero-order valence-electron chi connectivity index (χ0n) is 12.1. The van der Waals surface area contributed by atoms with Crippen LogP contribution < -0.4 is 5.43 Å². The Morgan fingerprint density at radius 3 is 2.45 bits per heavy atom. The normalized spacial score (nSPS) is 10.9. The van der Waals surface area contributed by atoms with Crippen molar-refractivity contribution in [2.45, 2.75) is 13.8 Å². The molecule has 0 fully saturated rings. The van der Waals surface area contributed by atoms with Gasteiger partial charge in [0.1, 0.15) is 11.5 Å². The van der Waals surface area contributed by atoms with Crippen molar-refractivity contribution >= 4 is 23.7 Å². The molecule has 3 N–H and O–H groups in total. The monoisotopic (exact) mass is 318 g/mol. The van der Waals surface area contributed by atoms with Gasteiger partial charge in [0.15, 0.2) is 0 Å². The molecule has 2 aromatic rings. The number of amides is 1. The Balaban J connectivity index is 2.12. The van der Waals surface area contributed by atoms with E-state index < -0.39 is 5.91 Å². The van der Waals surface area contributed by atoms with E-state index in [0.29, 0.717) is 5.02 Å². The molecule has 5 nitrogen and oxygen atoms in total. The minimum atomic E-state index is -0.566. The molecule has 0 aromatic heterocycles. The maximum atomic E-state index is 11.9. The highest BCUT2D eigenvalue weighted by Gasteiger charge is 2.10. The SMILES string of the molecule is Cc1cc(/C=N/NC(=O)c2cc(Cl)ccc2O)cc(C)c1O. The van der Waals surface area contributed by atoms with Crippen LogP contribution in [0.5, 0.6) is 11.5 Å². The number of nitrogens with one attached hydrogen (secondary N) is 1. The lowest BCUT2D eigenvalue weighted by Crippen LogP contribution is -2.17. The van der Waals surface area contributed by atoms with Gasteiger partial charge in [0.25, 0.3) is 5.91 Å². The van der Waals surface area contributed by atoms with Crippen molar-refractivity contribution in [3.05, 3.63) is 57.6 Å². The number of carbonyl (C=O) groups excluding carboxylic acids is 1. The lowest BCUT2D eigenvalue weighted by atomic mass is 10.1. The molecule has 0 aliphatic heterocycles. The second-order valence-corrected chi connectivity index (χ2v) is 5.30. The van der Waals surface area contributed by atoms with E-state index in [-0.39, 0.29) is 17.1 Å². The van der Waals surface area contributed by atoms with E-state index in [2.05, 4.69) is 10.5 Å². The third-order valence-corrected chi connectivity index (χ3v) is 3.33. The Morgan fingerprint density at radius 2 is 1.82 bits per heavy atom. The van der Waals surface area contributed by atoms with Gasteiger partial charge in [-0.15, -0.1) is 0 Å². The summed E-state index contributed by atoms with van der Waals surface area (Å²) in [5.41, 5.74) is 4.55. The van der Waals surface area contributed by atoms with Crippen LogP contribution in [-0.4, -0.2) is 22.3 Å². The van der Waals surface area contributed by atoms with Crippen molar-refractivity contribution in [3.63, 3.8) is 0 Å². The van der Waals surface area contributed by atoms with Gasteiger partial charge in [-0.1, -0.05) is 11.6 Å². The molecule has 0 saturated heterocycles. The first-order valence-electron chi connectivity index (χ1n) is 6.50. The largest absolute Gasteiger partial charge is 0.507 e. The number of hydrogen-bond donors (Lipinski definition) is 3. The van der Waals surface area contributed by atoms with Crippen molar-refractivity contribution in [3.8, 4) is 11.5 Å². The van der Waals surface area contributed by atoms with E-state index in [0.717, 1.165) is 16.7 Å². The predicted molar refractivity (Wildman–Crippen MR) is 85.8 cm³/mol. The molecule has 0 aliphatic rings. The lowest BCUT2D eigenvalue weighted by Gasteiger charge is -2.05. The summed E-state index contributed by atoms with van der Waals surface area (Å²) in [5.74, 6) is -0.498. The van der Waals surface area contributed by atoms with Crippen LogP contribution in [-0.2, 0) is 0 Å². The summed E-state index contributed by atoms with van der Waals surface area (Å²) in [6.07, 6.45) is 1.46. The zero-order chi connectivity index (χ0) is 16.3. The molecule has 114 valence electrons. The fraction of sp³-hybridized carbons (Fsp3) is 0.125. The van der Waals surface area contributed by atoms with Gasteiger partial charge in [0, 0.05) is 5.02 Å². The van der Waals surface area contributed by atoms with Crippen LogP contribution in [0.1, 0.15) is 27.0 Å². The molecule has 2 aromatic carbocycles. The van der Waals surface area contributed by atoms with Crippen LogP contribution in [0.3, 0.4) is 0 Å². The van der Waals surface area contributed by atoms with E-state index in [9.17, 15) is 15.0 Å². The molecule has 2 rings (SSSR count). The summed E-state index contributed by atoms with van der Waals surface area (Å²) in [6, 6.07) is 7.67. The molecular weight excluding hydrogens is 304 g/mol. The second-order valence-electron chi connectivity index (χ2n) is 4.86. The van der Waals surface area contributed by atoms with Gasteiger partial charge in [-0.2, -0.15) is 5.10 Å². The standard InChI is InChI=1S/C16H15ClN2O3/c1-9-5-11(6-10(2)15(9)21)8-18-19-16(22)13-7-12(17)3-4-14(13)20/h3-8,20-21H,1-2H3,(H,19,22)/b18-8+. The number of hydrazone groups is 1. The summed E-state index contributed by atoms with van der Waals surface area (Å²) >= 11 is 5.79. The summed E-state index contributed by atoms with van der Waals surface area (Å²) in [6.45, 7) is 3.56. The number of rotatable bonds is 3. The van der Waals surface area contributed by atoms with Crippen molar-refractivity contribution < 1.29 is 15.0 Å². The summed E-state index contributed by atoms with van der Waals surface area (Å²) < 4.78 is 0. The third-order valence-electron chi connectivity index (χ3n) is 3.10. The molecule has 0 atom stereocenters. The lowest BCUT2D eigenvalue weighted by molar-refractivity contribution is 0.0952. The second kappa shape index (κ2) is 6.49. The first-order chi connectivity index (χ1) is 10.4. The summed E-state index contributed by atoms with van der Waals surface area (Å²) in [5, 5.41) is 23.5. The van der Waals surface area contributed by atoms with Crippen molar-refractivity contribution in [2.24, 2.45) is 5.10 Å².